The Bertz CT molecular complexity index is 766. The van der Waals surface area contributed by atoms with Crippen LogP contribution in [0.5, 0.6) is 17.2 Å². The van der Waals surface area contributed by atoms with Crippen molar-refractivity contribution >= 4 is 5.91 Å². The second-order valence-electron chi connectivity index (χ2n) is 7.48. The Hall–Kier alpha value is -2.69. The van der Waals surface area contributed by atoms with Gasteiger partial charge in [-0.25, -0.2) is 0 Å². The van der Waals surface area contributed by atoms with Gasteiger partial charge in [0.05, 0.1) is 27.4 Å². The lowest BCUT2D eigenvalue weighted by atomic mass is 9.86. The predicted octanol–water partition coefficient (Wildman–Crippen LogP) is 4.50. The van der Waals surface area contributed by atoms with E-state index in [1.54, 1.807) is 12.1 Å². The quantitative estimate of drug-likeness (QED) is 0.812. The summed E-state index contributed by atoms with van der Waals surface area (Å²) in [7, 11) is 4.58. The van der Waals surface area contributed by atoms with Gasteiger partial charge in [0.25, 0.3) is 5.91 Å². The summed E-state index contributed by atoms with van der Waals surface area (Å²) < 4.78 is 15.9. The molecule has 0 heterocycles. The predicted molar refractivity (Wildman–Crippen MR) is 107 cm³/mol. The summed E-state index contributed by atoms with van der Waals surface area (Å²) in [6.07, 6.45) is 0. The lowest BCUT2D eigenvalue weighted by Crippen LogP contribution is -2.26. The minimum Gasteiger partial charge on any atom is -0.493 e. The van der Waals surface area contributed by atoms with Gasteiger partial charge in [0.1, 0.15) is 0 Å². The van der Waals surface area contributed by atoms with E-state index in [9.17, 15) is 4.79 Å². The second-order valence-corrected chi connectivity index (χ2v) is 7.48. The molecule has 27 heavy (non-hydrogen) atoms. The Balaban J connectivity index is 2.21. The highest BCUT2D eigenvalue weighted by molar-refractivity contribution is 5.95. The highest BCUT2D eigenvalue weighted by Gasteiger charge is 2.19. The van der Waals surface area contributed by atoms with Crippen molar-refractivity contribution in [1.29, 1.82) is 0 Å². The van der Waals surface area contributed by atoms with Gasteiger partial charge in [-0.2, -0.15) is 0 Å². The van der Waals surface area contributed by atoms with E-state index >= 15 is 0 Å². The summed E-state index contributed by atoms with van der Waals surface area (Å²) in [6.45, 7) is 8.50. The van der Waals surface area contributed by atoms with Crippen molar-refractivity contribution in [2.24, 2.45) is 0 Å². The van der Waals surface area contributed by atoms with Crippen LogP contribution < -0.4 is 19.5 Å². The monoisotopic (exact) mass is 371 g/mol. The molecular weight excluding hydrogens is 342 g/mol. The normalized spacial score (nSPS) is 12.3. The maximum absolute atomic E-state index is 12.7. The Morgan fingerprint density at radius 1 is 0.926 bits per heavy atom. The van der Waals surface area contributed by atoms with Gasteiger partial charge >= 0.3 is 0 Å². The van der Waals surface area contributed by atoms with E-state index in [4.69, 9.17) is 14.2 Å². The smallest absolute Gasteiger partial charge is 0.252 e. The molecule has 0 aliphatic rings. The van der Waals surface area contributed by atoms with Gasteiger partial charge in [-0.15, -0.1) is 0 Å². The minimum absolute atomic E-state index is 0.0984. The Labute approximate surface area is 161 Å². The molecule has 2 aromatic carbocycles. The van der Waals surface area contributed by atoms with Gasteiger partial charge in [-0.05, 0) is 35.6 Å². The second kappa shape index (κ2) is 8.33. The number of amides is 1. The molecule has 1 N–H and O–H groups in total. The van der Waals surface area contributed by atoms with Crippen molar-refractivity contribution in [1.82, 2.24) is 5.32 Å². The first-order valence-electron chi connectivity index (χ1n) is 8.92. The number of rotatable bonds is 6. The zero-order chi connectivity index (χ0) is 20.2. The molecule has 2 aromatic rings. The number of carbonyl (C=O) groups is 1. The minimum atomic E-state index is -0.207. The number of benzene rings is 2. The fourth-order valence-corrected chi connectivity index (χ4v) is 2.85. The van der Waals surface area contributed by atoms with Crippen LogP contribution in [0.1, 0.15) is 55.2 Å². The van der Waals surface area contributed by atoms with Crippen molar-refractivity contribution in [3.05, 3.63) is 53.1 Å². The number of methoxy groups -OCH3 is 3. The Morgan fingerprint density at radius 2 is 1.44 bits per heavy atom. The summed E-state index contributed by atoms with van der Waals surface area (Å²) in [5.74, 6) is 1.15. The van der Waals surface area contributed by atoms with E-state index in [1.165, 1.54) is 26.9 Å². The van der Waals surface area contributed by atoms with E-state index in [1.807, 2.05) is 6.92 Å². The van der Waals surface area contributed by atoms with Crippen LogP contribution in [0.3, 0.4) is 0 Å². The molecule has 146 valence electrons. The lowest BCUT2D eigenvalue weighted by Gasteiger charge is -2.21. The van der Waals surface area contributed by atoms with Crippen LogP contribution in [0.25, 0.3) is 0 Å². The van der Waals surface area contributed by atoms with Crippen molar-refractivity contribution < 1.29 is 19.0 Å². The standard InChI is InChI=1S/C22H29NO4/c1-14(15-8-10-17(11-9-15)22(2,3)4)23-21(24)16-12-18(25-5)20(27-7)19(13-16)26-6/h8-14H,1-7H3,(H,23,24). The first-order valence-corrected chi connectivity index (χ1v) is 8.92. The number of carbonyl (C=O) groups excluding carboxylic acids is 1. The van der Waals surface area contributed by atoms with E-state index in [2.05, 4.69) is 50.4 Å². The zero-order valence-electron chi connectivity index (χ0n) is 17.2. The van der Waals surface area contributed by atoms with E-state index < -0.39 is 0 Å². The number of hydrogen-bond donors (Lipinski definition) is 1. The number of hydrogen-bond acceptors (Lipinski definition) is 4. The highest BCUT2D eigenvalue weighted by Crippen LogP contribution is 2.38. The zero-order valence-corrected chi connectivity index (χ0v) is 17.2. The summed E-state index contributed by atoms with van der Waals surface area (Å²) in [5.41, 5.74) is 2.85. The molecule has 0 saturated carbocycles. The molecule has 0 saturated heterocycles. The summed E-state index contributed by atoms with van der Waals surface area (Å²) in [4.78, 5) is 12.7. The van der Waals surface area contributed by atoms with E-state index in [0.29, 0.717) is 22.8 Å². The van der Waals surface area contributed by atoms with Gasteiger partial charge in [-0.3, -0.25) is 4.79 Å². The molecule has 0 aliphatic carbocycles. The van der Waals surface area contributed by atoms with Crippen LogP contribution >= 0.6 is 0 Å². The fraction of sp³-hybridized carbons (Fsp3) is 0.409. The average molecular weight is 371 g/mol. The molecule has 1 amide bonds. The molecule has 5 nitrogen and oxygen atoms in total. The third-order valence-corrected chi connectivity index (χ3v) is 4.55. The SMILES string of the molecule is COc1cc(C(=O)NC(C)c2ccc(C(C)(C)C)cc2)cc(OC)c1OC. The molecule has 0 fully saturated rings. The van der Waals surface area contributed by atoms with Gasteiger partial charge in [0, 0.05) is 5.56 Å². The maximum atomic E-state index is 12.7. The Kier molecular flexibility index (Phi) is 6.37. The lowest BCUT2D eigenvalue weighted by molar-refractivity contribution is 0.0939. The fourth-order valence-electron chi connectivity index (χ4n) is 2.85. The van der Waals surface area contributed by atoms with Crippen molar-refractivity contribution in [2.75, 3.05) is 21.3 Å². The third kappa shape index (κ3) is 4.73. The summed E-state index contributed by atoms with van der Waals surface area (Å²) >= 11 is 0. The Morgan fingerprint density at radius 3 is 1.85 bits per heavy atom. The van der Waals surface area contributed by atoms with Crippen LogP contribution in [0.2, 0.25) is 0 Å². The summed E-state index contributed by atoms with van der Waals surface area (Å²) in [5, 5.41) is 3.02. The van der Waals surface area contributed by atoms with Gasteiger partial charge in [-0.1, -0.05) is 45.0 Å². The maximum Gasteiger partial charge on any atom is 0.252 e. The molecule has 1 atom stereocenters. The molecule has 0 aromatic heterocycles. The highest BCUT2D eigenvalue weighted by atomic mass is 16.5. The van der Waals surface area contributed by atoms with Crippen LogP contribution in [0.15, 0.2) is 36.4 Å². The molecule has 1 unspecified atom stereocenters. The van der Waals surface area contributed by atoms with Crippen molar-refractivity contribution in [3.63, 3.8) is 0 Å². The van der Waals surface area contributed by atoms with E-state index in [-0.39, 0.29) is 17.4 Å². The molecule has 0 spiro atoms. The van der Waals surface area contributed by atoms with Gasteiger partial charge in [0.15, 0.2) is 11.5 Å². The van der Waals surface area contributed by atoms with Crippen LogP contribution in [0.4, 0.5) is 0 Å². The van der Waals surface area contributed by atoms with Gasteiger partial charge < -0.3 is 19.5 Å². The molecule has 5 heteroatoms. The first-order chi connectivity index (χ1) is 12.7. The molecule has 0 aliphatic heterocycles. The van der Waals surface area contributed by atoms with Crippen LogP contribution in [-0.2, 0) is 5.41 Å². The van der Waals surface area contributed by atoms with Crippen molar-refractivity contribution in [3.8, 4) is 17.2 Å². The third-order valence-electron chi connectivity index (χ3n) is 4.55. The number of nitrogens with one attached hydrogen (secondary N) is 1. The summed E-state index contributed by atoms with van der Waals surface area (Å²) in [6, 6.07) is 11.5. The molecular formula is C22H29NO4. The van der Waals surface area contributed by atoms with Crippen LogP contribution in [0, 0.1) is 0 Å². The van der Waals surface area contributed by atoms with Crippen LogP contribution in [-0.4, -0.2) is 27.2 Å². The van der Waals surface area contributed by atoms with Gasteiger partial charge in [0.2, 0.25) is 5.75 Å². The van der Waals surface area contributed by atoms with E-state index in [0.717, 1.165) is 5.56 Å². The van der Waals surface area contributed by atoms with Crippen molar-refractivity contribution in [2.45, 2.75) is 39.2 Å². The first kappa shape index (κ1) is 20.6. The molecule has 0 radical (unpaired) electrons. The topological polar surface area (TPSA) is 56.8 Å². The molecule has 0 bridgehead atoms. The average Bonchev–Trinajstić information content (AvgIpc) is 2.65. The molecule has 2 rings (SSSR count). The number of ether oxygens (including phenoxy) is 3. The largest absolute Gasteiger partial charge is 0.493 e.